The molecule has 0 fully saturated rings. The van der Waals surface area contributed by atoms with Gasteiger partial charge in [0.25, 0.3) is 10.0 Å². The van der Waals surface area contributed by atoms with Crippen LogP contribution in [0, 0.1) is 11.6 Å². The monoisotopic (exact) mass is 430 g/mol. The van der Waals surface area contributed by atoms with E-state index in [1.165, 1.54) is 6.08 Å². The Morgan fingerprint density at radius 3 is 2.60 bits per heavy atom. The quantitative estimate of drug-likeness (QED) is 0.652. The van der Waals surface area contributed by atoms with Crippen LogP contribution in [0.2, 0.25) is 0 Å². The van der Waals surface area contributed by atoms with Gasteiger partial charge in [-0.05, 0) is 30.5 Å². The van der Waals surface area contributed by atoms with E-state index in [0.29, 0.717) is 18.2 Å². The van der Waals surface area contributed by atoms with E-state index in [1.807, 2.05) is 10.6 Å². The zero-order chi connectivity index (χ0) is 21.1. The Kier molecular flexibility index (Phi) is 5.63. The number of fused-ring (bicyclic) bond motifs is 1. The van der Waals surface area contributed by atoms with Gasteiger partial charge in [0.2, 0.25) is 0 Å². The molecule has 6 nitrogen and oxygen atoms in total. The van der Waals surface area contributed by atoms with E-state index >= 15 is 0 Å². The first-order valence-electron chi connectivity index (χ1n) is 9.60. The number of hydrogen-bond acceptors (Lipinski definition) is 4. The number of benzene rings is 2. The number of halogens is 2. The average Bonchev–Trinajstić information content (AvgIpc) is 2.97. The van der Waals surface area contributed by atoms with Crippen molar-refractivity contribution in [3.63, 3.8) is 0 Å². The van der Waals surface area contributed by atoms with Crippen LogP contribution in [-0.2, 0) is 23.0 Å². The summed E-state index contributed by atoms with van der Waals surface area (Å²) in [6.45, 7) is 0.634. The first-order valence-corrected chi connectivity index (χ1v) is 11.1. The van der Waals surface area contributed by atoms with E-state index in [4.69, 9.17) is 0 Å². The highest BCUT2D eigenvalue weighted by Crippen LogP contribution is 2.30. The van der Waals surface area contributed by atoms with Gasteiger partial charge < -0.3 is 4.57 Å². The van der Waals surface area contributed by atoms with Crippen molar-refractivity contribution in [2.75, 3.05) is 4.72 Å². The number of nitrogens with zero attached hydrogens (tertiary/aromatic N) is 3. The minimum Gasteiger partial charge on any atom is -0.311 e. The fourth-order valence-electron chi connectivity index (χ4n) is 3.40. The lowest BCUT2D eigenvalue weighted by atomic mass is 10.1. The van der Waals surface area contributed by atoms with Gasteiger partial charge in [-0.15, -0.1) is 10.2 Å². The van der Waals surface area contributed by atoms with Crippen LogP contribution in [-0.4, -0.2) is 23.2 Å². The molecule has 9 heteroatoms. The smallest absolute Gasteiger partial charge is 0.255 e. The maximum atomic E-state index is 14.6. The highest BCUT2D eigenvalue weighted by molar-refractivity contribution is 7.95. The third-order valence-electron chi connectivity index (χ3n) is 4.90. The predicted molar refractivity (Wildman–Crippen MR) is 111 cm³/mol. The van der Waals surface area contributed by atoms with Crippen molar-refractivity contribution >= 4 is 21.8 Å². The number of aryl methyl sites for hydroxylation is 1. The Bertz CT molecular complexity index is 1190. The summed E-state index contributed by atoms with van der Waals surface area (Å²) < 4.78 is 57.7. The van der Waals surface area contributed by atoms with Gasteiger partial charge in [0.1, 0.15) is 17.5 Å². The van der Waals surface area contributed by atoms with Gasteiger partial charge in [-0.2, -0.15) is 0 Å². The van der Waals surface area contributed by atoms with Crippen LogP contribution in [0.5, 0.6) is 0 Å². The van der Waals surface area contributed by atoms with Crippen LogP contribution in [0.3, 0.4) is 0 Å². The average molecular weight is 430 g/mol. The molecular formula is C21H20F2N4O2S. The third kappa shape index (κ3) is 4.40. The third-order valence-corrected chi connectivity index (χ3v) is 5.90. The van der Waals surface area contributed by atoms with Crippen molar-refractivity contribution in [3.05, 3.63) is 70.9 Å². The molecule has 0 spiro atoms. The molecule has 1 aliphatic heterocycles. The van der Waals surface area contributed by atoms with Crippen molar-refractivity contribution < 1.29 is 17.2 Å². The maximum absolute atomic E-state index is 14.6. The van der Waals surface area contributed by atoms with Gasteiger partial charge in [0, 0.05) is 19.0 Å². The lowest BCUT2D eigenvalue weighted by Crippen LogP contribution is -2.11. The molecule has 156 valence electrons. The largest absolute Gasteiger partial charge is 0.311 e. The van der Waals surface area contributed by atoms with Crippen LogP contribution in [0.1, 0.15) is 30.7 Å². The maximum Gasteiger partial charge on any atom is 0.255 e. The number of sulfonamides is 1. The number of anilines is 1. The van der Waals surface area contributed by atoms with Gasteiger partial charge in [0.05, 0.1) is 16.7 Å². The lowest BCUT2D eigenvalue weighted by Gasteiger charge is -2.11. The standard InChI is InChI=1S/C21H20F2N4O2S/c22-17-14-18(23)19(26-30(28,29)12-10-15-7-3-1-4-8-15)13-16(17)21-25-24-20-9-5-2-6-11-27(20)21/h1,3-4,7-8,10,12-14,26H,2,5-6,9,11H2. The molecule has 0 saturated carbocycles. The molecule has 0 saturated heterocycles. The summed E-state index contributed by atoms with van der Waals surface area (Å²) in [5.74, 6) is -0.818. The molecule has 2 aromatic carbocycles. The van der Waals surface area contributed by atoms with Gasteiger partial charge in [-0.3, -0.25) is 4.72 Å². The molecule has 4 rings (SSSR count). The molecule has 0 unspecified atom stereocenters. The summed E-state index contributed by atoms with van der Waals surface area (Å²) in [5, 5.41) is 9.14. The summed E-state index contributed by atoms with van der Waals surface area (Å²) in [7, 11) is -4.01. The zero-order valence-corrected chi connectivity index (χ0v) is 16.9. The van der Waals surface area contributed by atoms with Gasteiger partial charge in [-0.25, -0.2) is 17.2 Å². The van der Waals surface area contributed by atoms with E-state index < -0.39 is 21.7 Å². The zero-order valence-electron chi connectivity index (χ0n) is 16.1. The molecule has 1 aromatic heterocycles. The van der Waals surface area contributed by atoms with Crippen LogP contribution in [0.4, 0.5) is 14.5 Å². The fraction of sp³-hybridized carbons (Fsp3) is 0.238. The molecule has 3 aromatic rings. The molecule has 1 N–H and O–H groups in total. The van der Waals surface area contributed by atoms with Gasteiger partial charge >= 0.3 is 0 Å². The number of rotatable bonds is 5. The van der Waals surface area contributed by atoms with Crippen LogP contribution in [0.25, 0.3) is 17.5 Å². The molecule has 0 atom stereocenters. The van der Waals surface area contributed by atoms with Crippen molar-refractivity contribution in [3.8, 4) is 11.4 Å². The van der Waals surface area contributed by atoms with Crippen LogP contribution < -0.4 is 4.72 Å². The topological polar surface area (TPSA) is 76.9 Å². The Morgan fingerprint density at radius 1 is 1.00 bits per heavy atom. The molecule has 1 aliphatic rings. The summed E-state index contributed by atoms with van der Waals surface area (Å²) in [6, 6.07) is 10.6. The SMILES string of the molecule is O=S(=O)(C=Cc1ccccc1)Nc1cc(-c2nnc3n2CCCCC3)c(F)cc1F. The van der Waals surface area contributed by atoms with Crippen LogP contribution in [0.15, 0.2) is 47.9 Å². The van der Waals surface area contributed by atoms with Gasteiger partial charge in [-0.1, -0.05) is 36.8 Å². The second-order valence-electron chi connectivity index (χ2n) is 7.07. The molecule has 0 amide bonds. The first kappa shape index (κ1) is 20.2. The van der Waals surface area contributed by atoms with E-state index in [2.05, 4.69) is 14.9 Å². The highest BCUT2D eigenvalue weighted by Gasteiger charge is 2.21. The van der Waals surface area contributed by atoms with E-state index in [-0.39, 0.29) is 17.1 Å². The molecule has 2 heterocycles. The van der Waals surface area contributed by atoms with Crippen molar-refractivity contribution in [1.82, 2.24) is 14.8 Å². The minimum atomic E-state index is -4.01. The van der Waals surface area contributed by atoms with E-state index in [0.717, 1.165) is 43.0 Å². The second-order valence-corrected chi connectivity index (χ2v) is 8.64. The number of aromatic nitrogens is 3. The Balaban J connectivity index is 1.66. The van der Waals surface area contributed by atoms with Crippen molar-refractivity contribution in [2.24, 2.45) is 0 Å². The van der Waals surface area contributed by atoms with Crippen molar-refractivity contribution in [1.29, 1.82) is 0 Å². The Hall–Kier alpha value is -3.07. The molecule has 0 bridgehead atoms. The summed E-state index contributed by atoms with van der Waals surface area (Å²) >= 11 is 0. The highest BCUT2D eigenvalue weighted by atomic mass is 32.2. The van der Waals surface area contributed by atoms with Gasteiger partial charge in [0.15, 0.2) is 5.82 Å². The lowest BCUT2D eigenvalue weighted by molar-refractivity contribution is 0.582. The van der Waals surface area contributed by atoms with E-state index in [9.17, 15) is 17.2 Å². The fourth-order valence-corrected chi connectivity index (χ4v) is 4.27. The van der Waals surface area contributed by atoms with E-state index in [1.54, 1.807) is 24.3 Å². The number of nitrogens with one attached hydrogen (secondary N) is 1. The Labute approximate surface area is 173 Å². The summed E-state index contributed by atoms with van der Waals surface area (Å²) in [4.78, 5) is 0. The molecular weight excluding hydrogens is 410 g/mol. The number of hydrogen-bond donors (Lipinski definition) is 1. The normalized spacial score (nSPS) is 14.5. The predicted octanol–water partition coefficient (Wildman–Crippen LogP) is 4.36. The molecule has 30 heavy (non-hydrogen) atoms. The molecule has 0 radical (unpaired) electrons. The summed E-state index contributed by atoms with van der Waals surface area (Å²) in [5.41, 5.74) is 0.325. The molecule has 0 aliphatic carbocycles. The summed E-state index contributed by atoms with van der Waals surface area (Å²) in [6.07, 6.45) is 5.05. The first-order chi connectivity index (χ1) is 14.4. The minimum absolute atomic E-state index is 0.00166. The van der Waals surface area contributed by atoms with Crippen molar-refractivity contribution in [2.45, 2.75) is 32.2 Å². The second kappa shape index (κ2) is 8.35. The van der Waals surface area contributed by atoms with Crippen LogP contribution >= 0.6 is 0 Å². The Morgan fingerprint density at radius 2 is 1.80 bits per heavy atom.